The van der Waals surface area contributed by atoms with Gasteiger partial charge in [-0.15, -0.1) is 0 Å². The summed E-state index contributed by atoms with van der Waals surface area (Å²) in [6.45, 7) is 5.59. The van der Waals surface area contributed by atoms with Crippen LogP contribution < -0.4 is 0 Å². The molecule has 0 radical (unpaired) electrons. The summed E-state index contributed by atoms with van der Waals surface area (Å²) >= 11 is 2.94. The zero-order chi connectivity index (χ0) is 23.8. The number of halogens is 1. The number of hydrogen-bond acceptors (Lipinski definition) is 1. The largest absolute Gasteiger partial charge is 0.295 e. The highest BCUT2D eigenvalue weighted by atomic mass is 79.9. The Bertz CT molecular complexity index is 586. The molecule has 0 aliphatic carbocycles. The van der Waals surface area contributed by atoms with Gasteiger partial charge in [-0.25, -0.2) is 0 Å². The molecule has 1 nitrogen and oxygen atoms in total. The molecule has 2 aromatic rings. The van der Waals surface area contributed by atoms with Gasteiger partial charge in [0, 0.05) is 13.1 Å². The number of rotatable bonds is 19. The Morgan fingerprint density at radius 2 is 0.818 bits per heavy atom. The van der Waals surface area contributed by atoms with Crippen molar-refractivity contribution in [2.45, 2.75) is 110 Å². The topological polar surface area (TPSA) is 3.24 Å². The summed E-state index contributed by atoms with van der Waals surface area (Å²) in [4.78, 5) is 2.62. The molecule has 2 aromatic carbocycles. The molecule has 2 rings (SSSR count). The van der Waals surface area contributed by atoms with Gasteiger partial charge in [-0.1, -0.05) is 167 Å². The van der Waals surface area contributed by atoms with Crippen LogP contribution >= 0.6 is 15.9 Å². The zero-order valence-corrected chi connectivity index (χ0v) is 23.2. The molecule has 0 bridgehead atoms. The molecular formula is C31H50BrN. The van der Waals surface area contributed by atoms with Crippen LogP contribution in [0.25, 0.3) is 0 Å². The lowest BCUT2D eigenvalue weighted by Gasteiger charge is -2.22. The number of hydrogen-bond donors (Lipinski definition) is 0. The highest BCUT2D eigenvalue weighted by molar-refractivity contribution is 9.08. The Balaban J connectivity index is 0.00000265. The van der Waals surface area contributed by atoms with Crippen molar-refractivity contribution in [3.05, 3.63) is 71.8 Å². The Morgan fingerprint density at radius 1 is 0.485 bits per heavy atom. The summed E-state index contributed by atoms with van der Waals surface area (Å²) in [5.41, 5.74) is 2.84. The molecule has 0 aliphatic rings. The van der Waals surface area contributed by atoms with Gasteiger partial charge in [0.15, 0.2) is 0 Å². The lowest BCUT2D eigenvalue weighted by Crippen LogP contribution is -2.24. The molecular weight excluding hydrogens is 466 g/mol. The maximum Gasteiger partial charge on any atom is 0.0237 e. The summed E-state index contributed by atoms with van der Waals surface area (Å²) in [7, 11) is 0. The summed E-state index contributed by atoms with van der Waals surface area (Å²) in [5, 5.41) is 0. The monoisotopic (exact) mass is 515 g/mol. The fraction of sp³-hybridized carbons (Fsp3) is 0.613. The third kappa shape index (κ3) is 17.0. The Labute approximate surface area is 214 Å². The minimum atomic E-state index is 1.05. The summed E-state index contributed by atoms with van der Waals surface area (Å²) in [5.74, 6) is 1.81. The minimum absolute atomic E-state index is 1.05. The molecule has 0 fully saturated rings. The van der Waals surface area contributed by atoms with E-state index in [1.165, 1.54) is 108 Å². The smallest absolute Gasteiger partial charge is 0.0237 e. The molecule has 0 aromatic heterocycles. The molecule has 0 saturated heterocycles. The van der Waals surface area contributed by atoms with Crippen molar-refractivity contribution in [2.75, 3.05) is 12.4 Å². The first-order chi connectivity index (χ1) is 16.4. The fourth-order valence-corrected chi connectivity index (χ4v) is 4.43. The Kier molecular flexibility index (Phi) is 20.5. The van der Waals surface area contributed by atoms with Crippen LogP contribution in [0.5, 0.6) is 0 Å². The van der Waals surface area contributed by atoms with Gasteiger partial charge in [0.05, 0.1) is 0 Å². The van der Waals surface area contributed by atoms with E-state index in [1.54, 1.807) is 0 Å². The van der Waals surface area contributed by atoms with Gasteiger partial charge in [0.25, 0.3) is 0 Å². The molecule has 0 aliphatic heterocycles. The third-order valence-corrected chi connectivity index (χ3v) is 6.33. The van der Waals surface area contributed by atoms with Crippen LogP contribution in [-0.4, -0.2) is 17.3 Å². The summed E-state index contributed by atoms with van der Waals surface area (Å²) < 4.78 is 0. The van der Waals surface area contributed by atoms with Crippen molar-refractivity contribution in [1.29, 1.82) is 0 Å². The summed E-state index contributed by atoms with van der Waals surface area (Å²) in [6.07, 6.45) is 19.9. The van der Waals surface area contributed by atoms with E-state index in [0.717, 1.165) is 13.1 Å². The van der Waals surface area contributed by atoms with Crippen LogP contribution in [0, 0.1) is 0 Å². The standard InChI is InChI=1S/C30H47N.CH3Br/c1-2-3-4-5-6-7-8-9-10-11-12-13-14-21-26-31(27-29-22-17-15-18-23-29)28-30-24-19-16-20-25-30;1-2/h15-20,22-25H,2-14,21,26-28H2,1H3;1H3. The number of nitrogens with zero attached hydrogens (tertiary/aromatic N) is 1. The van der Waals surface area contributed by atoms with Gasteiger partial charge in [-0.3, -0.25) is 4.90 Å². The van der Waals surface area contributed by atoms with Crippen LogP contribution in [0.2, 0.25) is 0 Å². The van der Waals surface area contributed by atoms with Crippen LogP contribution in [-0.2, 0) is 13.1 Å². The molecule has 0 spiro atoms. The normalized spacial score (nSPS) is 10.8. The van der Waals surface area contributed by atoms with Crippen LogP contribution in [0.15, 0.2) is 60.7 Å². The maximum absolute atomic E-state index is 2.94. The van der Waals surface area contributed by atoms with Crippen molar-refractivity contribution in [1.82, 2.24) is 4.90 Å². The van der Waals surface area contributed by atoms with E-state index < -0.39 is 0 Å². The summed E-state index contributed by atoms with van der Waals surface area (Å²) in [6, 6.07) is 21.9. The average Bonchev–Trinajstić information content (AvgIpc) is 2.86. The minimum Gasteiger partial charge on any atom is -0.295 e. The van der Waals surface area contributed by atoms with Crippen molar-refractivity contribution in [2.24, 2.45) is 0 Å². The van der Waals surface area contributed by atoms with Gasteiger partial charge in [-0.05, 0) is 29.9 Å². The van der Waals surface area contributed by atoms with Crippen LogP contribution in [0.3, 0.4) is 0 Å². The predicted molar refractivity (Wildman–Crippen MR) is 152 cm³/mol. The molecule has 0 saturated carbocycles. The molecule has 0 amide bonds. The number of benzene rings is 2. The lowest BCUT2D eigenvalue weighted by atomic mass is 10.0. The van der Waals surface area contributed by atoms with Crippen molar-refractivity contribution < 1.29 is 0 Å². The first kappa shape index (κ1) is 29.9. The average molecular weight is 517 g/mol. The van der Waals surface area contributed by atoms with Crippen LogP contribution in [0.4, 0.5) is 0 Å². The van der Waals surface area contributed by atoms with Crippen LogP contribution in [0.1, 0.15) is 108 Å². The lowest BCUT2D eigenvalue weighted by molar-refractivity contribution is 0.250. The van der Waals surface area contributed by atoms with E-state index in [-0.39, 0.29) is 0 Å². The van der Waals surface area contributed by atoms with Gasteiger partial charge in [-0.2, -0.15) is 0 Å². The maximum atomic E-state index is 2.94. The second-order valence-electron chi connectivity index (χ2n) is 9.28. The molecule has 0 unspecified atom stereocenters. The second-order valence-corrected chi connectivity index (χ2v) is 9.28. The third-order valence-electron chi connectivity index (χ3n) is 6.33. The molecule has 0 heterocycles. The zero-order valence-electron chi connectivity index (χ0n) is 21.6. The Hall–Kier alpha value is -1.12. The first-order valence-electron chi connectivity index (χ1n) is 13.6. The van der Waals surface area contributed by atoms with Crippen molar-refractivity contribution >= 4 is 15.9 Å². The number of unbranched alkanes of at least 4 members (excludes halogenated alkanes) is 13. The van der Waals surface area contributed by atoms with E-state index in [1.807, 2.05) is 5.83 Å². The molecule has 0 N–H and O–H groups in total. The van der Waals surface area contributed by atoms with Gasteiger partial charge < -0.3 is 0 Å². The van der Waals surface area contributed by atoms with E-state index in [2.05, 4.69) is 88.4 Å². The van der Waals surface area contributed by atoms with Gasteiger partial charge in [0.2, 0.25) is 0 Å². The van der Waals surface area contributed by atoms with Crippen molar-refractivity contribution in [3.8, 4) is 0 Å². The van der Waals surface area contributed by atoms with Gasteiger partial charge >= 0.3 is 0 Å². The van der Waals surface area contributed by atoms with Gasteiger partial charge in [0.1, 0.15) is 0 Å². The Morgan fingerprint density at radius 3 is 1.18 bits per heavy atom. The van der Waals surface area contributed by atoms with E-state index >= 15 is 0 Å². The predicted octanol–water partition coefficient (Wildman–Crippen LogP) is 10.2. The van der Waals surface area contributed by atoms with Crippen molar-refractivity contribution in [3.63, 3.8) is 0 Å². The highest BCUT2D eigenvalue weighted by Gasteiger charge is 2.07. The second kappa shape index (κ2) is 22.7. The highest BCUT2D eigenvalue weighted by Crippen LogP contribution is 2.15. The molecule has 0 atom stereocenters. The quantitative estimate of drug-likeness (QED) is 0.133. The van der Waals surface area contributed by atoms with E-state index in [9.17, 15) is 0 Å². The molecule has 186 valence electrons. The fourth-order valence-electron chi connectivity index (χ4n) is 4.43. The van der Waals surface area contributed by atoms with E-state index in [4.69, 9.17) is 0 Å². The molecule has 33 heavy (non-hydrogen) atoms. The first-order valence-corrected chi connectivity index (χ1v) is 15.1. The van der Waals surface area contributed by atoms with E-state index in [0.29, 0.717) is 0 Å². The molecule has 2 heteroatoms. The number of alkyl halides is 1. The SMILES string of the molecule is CBr.CCCCCCCCCCCCCCCCN(Cc1ccccc1)Cc1ccccc1.